The molecule has 3 nitrogen and oxygen atoms in total. The van der Waals surface area contributed by atoms with E-state index < -0.39 is 24.2 Å². The highest BCUT2D eigenvalue weighted by molar-refractivity contribution is 7.80. The zero-order valence-electron chi connectivity index (χ0n) is 15.0. The lowest BCUT2D eigenvalue weighted by molar-refractivity contribution is -0.139. The number of hydrogen-bond acceptors (Lipinski definition) is 3. The predicted molar refractivity (Wildman–Crippen MR) is 99.5 cm³/mol. The number of aryl methyl sites for hydroxylation is 2. The van der Waals surface area contributed by atoms with E-state index in [4.69, 9.17) is 21.7 Å². The Morgan fingerprint density at radius 1 is 1.22 bits per heavy atom. The van der Waals surface area contributed by atoms with Crippen LogP contribution in [0.15, 0.2) is 30.3 Å². The molecule has 0 aromatic heterocycles. The van der Waals surface area contributed by atoms with Gasteiger partial charge in [-0.25, -0.2) is 4.39 Å². The van der Waals surface area contributed by atoms with Gasteiger partial charge in [-0.05, 0) is 61.0 Å². The Bertz CT molecular complexity index is 837. The van der Waals surface area contributed by atoms with Crippen LogP contribution in [-0.4, -0.2) is 12.3 Å². The van der Waals surface area contributed by atoms with E-state index in [1.165, 1.54) is 31.4 Å². The molecule has 0 saturated carbocycles. The minimum atomic E-state index is -4.58. The van der Waals surface area contributed by atoms with Crippen molar-refractivity contribution < 1.29 is 27.0 Å². The highest BCUT2D eigenvalue weighted by atomic mass is 32.1. The van der Waals surface area contributed by atoms with Gasteiger partial charge in [-0.3, -0.25) is 0 Å². The van der Waals surface area contributed by atoms with E-state index in [0.717, 1.165) is 6.07 Å². The monoisotopic (exact) mass is 401 g/mol. The molecule has 0 atom stereocenters. The van der Waals surface area contributed by atoms with Gasteiger partial charge in [-0.1, -0.05) is 13.0 Å². The number of nitrogens with one attached hydrogen (secondary N) is 1. The molecule has 0 fully saturated rings. The molecule has 0 heterocycles. The van der Waals surface area contributed by atoms with Gasteiger partial charge in [0, 0.05) is 5.56 Å². The van der Waals surface area contributed by atoms with E-state index in [0.29, 0.717) is 17.5 Å². The van der Waals surface area contributed by atoms with Crippen molar-refractivity contribution in [3.8, 4) is 5.75 Å². The Morgan fingerprint density at radius 3 is 2.52 bits per heavy atom. The standard InChI is InChI=1S/C19H19F4NO2S/c1-4-12-9-14(19(21,22)23)17(8-11(12)2)26-10-13-15(20)6-5-7-16(13)24-18(27)25-3/h5-9H,4,10H2,1-3H3,(H,24,27). The van der Waals surface area contributed by atoms with Crippen molar-refractivity contribution in [3.63, 3.8) is 0 Å². The number of halogens is 4. The summed E-state index contributed by atoms with van der Waals surface area (Å²) in [4.78, 5) is 0. The van der Waals surface area contributed by atoms with Crippen LogP contribution in [0.4, 0.5) is 23.2 Å². The molecule has 2 rings (SSSR count). The lowest BCUT2D eigenvalue weighted by Gasteiger charge is -2.18. The van der Waals surface area contributed by atoms with Gasteiger partial charge in [0.15, 0.2) is 0 Å². The van der Waals surface area contributed by atoms with Gasteiger partial charge in [0.05, 0.1) is 18.4 Å². The van der Waals surface area contributed by atoms with Crippen molar-refractivity contribution in [1.29, 1.82) is 0 Å². The summed E-state index contributed by atoms with van der Waals surface area (Å²) in [6.45, 7) is 3.08. The molecule has 2 aromatic carbocycles. The number of ether oxygens (including phenoxy) is 2. The van der Waals surface area contributed by atoms with E-state index in [-0.39, 0.29) is 22.2 Å². The summed E-state index contributed by atoms with van der Waals surface area (Å²) in [6, 6.07) is 6.57. The average molecular weight is 401 g/mol. The van der Waals surface area contributed by atoms with Crippen LogP contribution < -0.4 is 10.1 Å². The normalized spacial score (nSPS) is 11.2. The third-order valence-electron chi connectivity index (χ3n) is 4.04. The van der Waals surface area contributed by atoms with Crippen LogP contribution in [0.3, 0.4) is 0 Å². The second-order valence-electron chi connectivity index (χ2n) is 5.80. The van der Waals surface area contributed by atoms with Crippen molar-refractivity contribution in [2.45, 2.75) is 33.1 Å². The Balaban J connectivity index is 2.37. The van der Waals surface area contributed by atoms with Crippen molar-refractivity contribution >= 4 is 23.1 Å². The maximum atomic E-state index is 14.2. The van der Waals surface area contributed by atoms with Crippen LogP contribution in [-0.2, 0) is 23.9 Å². The fourth-order valence-corrected chi connectivity index (χ4v) is 2.69. The van der Waals surface area contributed by atoms with Crippen molar-refractivity contribution in [1.82, 2.24) is 0 Å². The average Bonchev–Trinajstić information content (AvgIpc) is 2.60. The van der Waals surface area contributed by atoms with E-state index in [9.17, 15) is 17.6 Å². The highest BCUT2D eigenvalue weighted by Gasteiger charge is 2.35. The minimum absolute atomic E-state index is 0.000902. The van der Waals surface area contributed by atoms with Gasteiger partial charge in [-0.15, -0.1) is 0 Å². The first-order valence-corrected chi connectivity index (χ1v) is 8.54. The molecule has 0 unspecified atom stereocenters. The Morgan fingerprint density at radius 2 is 1.93 bits per heavy atom. The number of hydrogen-bond donors (Lipinski definition) is 1. The summed E-state index contributed by atoms with van der Waals surface area (Å²) >= 11 is 4.89. The molecule has 0 spiro atoms. The molecule has 0 saturated heterocycles. The van der Waals surface area contributed by atoms with Gasteiger partial charge in [-0.2, -0.15) is 13.2 Å². The van der Waals surface area contributed by atoms with E-state index in [1.54, 1.807) is 13.8 Å². The number of methoxy groups -OCH3 is 1. The quantitative estimate of drug-likeness (QED) is 0.519. The van der Waals surface area contributed by atoms with Crippen LogP contribution in [0.1, 0.15) is 29.2 Å². The summed E-state index contributed by atoms with van der Waals surface area (Å²) in [7, 11) is 1.35. The highest BCUT2D eigenvalue weighted by Crippen LogP contribution is 2.38. The minimum Gasteiger partial charge on any atom is -0.488 e. The first kappa shape index (κ1) is 21.0. The Kier molecular flexibility index (Phi) is 6.64. The van der Waals surface area contributed by atoms with Crippen molar-refractivity contribution in [3.05, 3.63) is 58.4 Å². The SMILES string of the molecule is CCc1cc(C(F)(F)F)c(OCc2c(F)cccc2NC(=S)OC)cc1C. The van der Waals surface area contributed by atoms with E-state index in [1.807, 2.05) is 0 Å². The molecule has 0 amide bonds. The Labute approximate surface area is 160 Å². The molecule has 0 bridgehead atoms. The molecule has 1 N–H and O–H groups in total. The van der Waals surface area contributed by atoms with E-state index >= 15 is 0 Å². The lowest BCUT2D eigenvalue weighted by Crippen LogP contribution is -2.15. The fraction of sp³-hybridized carbons (Fsp3) is 0.316. The second kappa shape index (κ2) is 8.56. The van der Waals surface area contributed by atoms with Crippen molar-refractivity contribution in [2.75, 3.05) is 12.4 Å². The maximum Gasteiger partial charge on any atom is 0.419 e. The molecule has 0 aliphatic carbocycles. The zero-order valence-corrected chi connectivity index (χ0v) is 15.9. The van der Waals surface area contributed by atoms with Gasteiger partial charge in [0.25, 0.3) is 5.17 Å². The number of alkyl halides is 3. The van der Waals surface area contributed by atoms with Gasteiger partial charge in [0.2, 0.25) is 0 Å². The Hall–Kier alpha value is -2.35. The number of thiocarbonyl (C=S) groups is 1. The largest absolute Gasteiger partial charge is 0.488 e. The molecular weight excluding hydrogens is 382 g/mol. The smallest absolute Gasteiger partial charge is 0.419 e. The van der Waals surface area contributed by atoms with Crippen molar-refractivity contribution in [2.24, 2.45) is 0 Å². The molecule has 2 aromatic rings. The molecule has 0 radical (unpaired) electrons. The van der Waals surface area contributed by atoms with Crippen LogP contribution >= 0.6 is 12.2 Å². The van der Waals surface area contributed by atoms with Crippen LogP contribution in [0, 0.1) is 12.7 Å². The topological polar surface area (TPSA) is 30.5 Å². The summed E-state index contributed by atoms with van der Waals surface area (Å²) in [5, 5.41) is 2.68. The van der Waals surface area contributed by atoms with Crippen LogP contribution in [0.5, 0.6) is 5.75 Å². The summed E-state index contributed by atoms with van der Waals surface area (Å²) in [6.07, 6.45) is -4.12. The third-order valence-corrected chi connectivity index (χ3v) is 4.31. The molecule has 27 heavy (non-hydrogen) atoms. The van der Waals surface area contributed by atoms with Crippen LogP contribution in [0.2, 0.25) is 0 Å². The number of rotatable bonds is 5. The summed E-state index contributed by atoms with van der Waals surface area (Å²) in [5.74, 6) is -0.977. The first-order valence-electron chi connectivity index (χ1n) is 8.13. The second-order valence-corrected chi connectivity index (χ2v) is 6.17. The predicted octanol–water partition coefficient (Wildman–Crippen LogP) is 5.64. The molecule has 146 valence electrons. The summed E-state index contributed by atoms with van der Waals surface area (Å²) < 4.78 is 64.6. The number of benzene rings is 2. The molecular formula is C19H19F4NO2S. The van der Waals surface area contributed by atoms with Gasteiger partial charge < -0.3 is 14.8 Å². The maximum absolute atomic E-state index is 14.2. The number of anilines is 1. The lowest BCUT2D eigenvalue weighted by atomic mass is 10.0. The van der Waals surface area contributed by atoms with Gasteiger partial charge in [0.1, 0.15) is 18.2 Å². The third kappa shape index (κ3) is 5.09. The van der Waals surface area contributed by atoms with Crippen LogP contribution in [0.25, 0.3) is 0 Å². The molecule has 0 aliphatic heterocycles. The molecule has 8 heteroatoms. The van der Waals surface area contributed by atoms with Gasteiger partial charge >= 0.3 is 6.18 Å². The fourth-order valence-electron chi connectivity index (χ4n) is 2.58. The molecule has 0 aliphatic rings. The van der Waals surface area contributed by atoms with E-state index in [2.05, 4.69) is 5.32 Å². The summed E-state index contributed by atoms with van der Waals surface area (Å²) in [5.41, 5.74) is 0.670. The zero-order chi connectivity index (χ0) is 20.2. The first-order chi connectivity index (χ1) is 12.7.